The van der Waals surface area contributed by atoms with Gasteiger partial charge in [0.05, 0.1) is 7.11 Å². The zero-order chi connectivity index (χ0) is 15.8. The molecule has 0 aliphatic carbocycles. The number of ether oxygens (including phenoxy) is 1. The van der Waals surface area contributed by atoms with Gasteiger partial charge in [-0.15, -0.1) is 0 Å². The molecule has 0 radical (unpaired) electrons. The Kier molecular flexibility index (Phi) is 7.23. The summed E-state index contributed by atoms with van der Waals surface area (Å²) in [7, 11) is 1.57. The van der Waals surface area contributed by atoms with E-state index in [1.54, 1.807) is 55.6 Å². The maximum atomic E-state index is 10.6. The van der Waals surface area contributed by atoms with Gasteiger partial charge in [0.2, 0.25) is 0 Å². The first kappa shape index (κ1) is 17.5. The van der Waals surface area contributed by atoms with Crippen LogP contribution in [0.4, 0.5) is 0 Å². The van der Waals surface area contributed by atoms with Crippen LogP contribution >= 0.6 is 34.8 Å². The predicted octanol–water partition coefficient (Wildman–Crippen LogP) is 4.79. The molecular weight excluding hydrogens is 335 g/mol. The van der Waals surface area contributed by atoms with Gasteiger partial charge in [-0.2, -0.15) is 0 Å². The van der Waals surface area contributed by atoms with Crippen molar-refractivity contribution < 1.29 is 14.3 Å². The van der Waals surface area contributed by atoms with Crippen molar-refractivity contribution in [1.29, 1.82) is 0 Å². The standard InChI is InChI=1S/C8H7ClO2.C7H4Cl2O/c1-11-7-4-2-6(3-5-7)8(9)10;8-6-3-1-5(2-4-6)7(9)10/h2-5H,1H3;1-4H. The van der Waals surface area contributed by atoms with E-state index in [2.05, 4.69) is 0 Å². The third-order valence-electron chi connectivity index (χ3n) is 2.39. The molecule has 2 aromatic carbocycles. The van der Waals surface area contributed by atoms with Gasteiger partial charge in [-0.3, -0.25) is 9.59 Å². The highest BCUT2D eigenvalue weighted by Gasteiger charge is 2.00. The van der Waals surface area contributed by atoms with Crippen LogP contribution in [0.3, 0.4) is 0 Å². The van der Waals surface area contributed by atoms with Crippen molar-refractivity contribution in [3.05, 3.63) is 64.7 Å². The fraction of sp³-hybridized carbons (Fsp3) is 0.0667. The molecule has 0 atom stereocenters. The summed E-state index contributed by atoms with van der Waals surface area (Å²) in [5, 5.41) is -0.314. The zero-order valence-electron chi connectivity index (χ0n) is 11.0. The lowest BCUT2D eigenvalue weighted by Crippen LogP contribution is -1.88. The summed E-state index contributed by atoms with van der Waals surface area (Å²) in [6.07, 6.45) is 0. The summed E-state index contributed by atoms with van der Waals surface area (Å²) >= 11 is 16.0. The lowest BCUT2D eigenvalue weighted by atomic mass is 10.2. The maximum absolute atomic E-state index is 10.6. The largest absolute Gasteiger partial charge is 0.497 e. The number of halogens is 3. The Bertz CT molecular complexity index is 607. The van der Waals surface area contributed by atoms with Crippen LogP contribution in [0.25, 0.3) is 0 Å². The SMILES string of the molecule is COc1ccc(C(=O)Cl)cc1.O=C(Cl)c1ccc(Cl)cc1. The van der Waals surface area contributed by atoms with Gasteiger partial charge in [0.25, 0.3) is 10.5 Å². The average molecular weight is 346 g/mol. The van der Waals surface area contributed by atoms with Crippen LogP contribution in [0.1, 0.15) is 20.7 Å². The topological polar surface area (TPSA) is 43.4 Å². The molecule has 0 aromatic heterocycles. The van der Waals surface area contributed by atoms with E-state index in [9.17, 15) is 9.59 Å². The van der Waals surface area contributed by atoms with Gasteiger partial charge in [-0.05, 0) is 71.7 Å². The highest BCUT2D eigenvalue weighted by Crippen LogP contribution is 2.12. The van der Waals surface area contributed by atoms with Crippen molar-refractivity contribution in [2.75, 3.05) is 7.11 Å². The summed E-state index contributed by atoms with van der Waals surface area (Å²) in [6.45, 7) is 0. The molecule has 6 heteroatoms. The van der Waals surface area contributed by atoms with Gasteiger partial charge in [-0.25, -0.2) is 0 Å². The van der Waals surface area contributed by atoms with Gasteiger partial charge in [0.1, 0.15) is 5.75 Å². The Balaban J connectivity index is 0.000000211. The highest BCUT2D eigenvalue weighted by atomic mass is 35.5. The third kappa shape index (κ3) is 6.17. The molecule has 21 heavy (non-hydrogen) atoms. The normalized spacial score (nSPS) is 9.33. The number of hydrogen-bond donors (Lipinski definition) is 0. The average Bonchev–Trinajstić information content (AvgIpc) is 2.48. The van der Waals surface area contributed by atoms with E-state index >= 15 is 0 Å². The van der Waals surface area contributed by atoms with E-state index < -0.39 is 10.5 Å². The fourth-order valence-corrected chi connectivity index (χ4v) is 1.68. The van der Waals surface area contributed by atoms with Crippen molar-refractivity contribution in [1.82, 2.24) is 0 Å². The van der Waals surface area contributed by atoms with Crippen molar-refractivity contribution in [2.45, 2.75) is 0 Å². The summed E-state index contributed by atoms with van der Waals surface area (Å²) < 4.78 is 4.89. The van der Waals surface area contributed by atoms with Crippen LogP contribution in [0, 0.1) is 0 Å². The van der Waals surface area contributed by atoms with E-state index in [1.807, 2.05) is 0 Å². The van der Waals surface area contributed by atoms with Crippen LogP contribution in [-0.4, -0.2) is 17.6 Å². The van der Waals surface area contributed by atoms with Gasteiger partial charge in [0, 0.05) is 16.1 Å². The Hall–Kier alpha value is -1.55. The van der Waals surface area contributed by atoms with Crippen LogP contribution in [-0.2, 0) is 0 Å². The number of hydrogen-bond acceptors (Lipinski definition) is 3. The first-order valence-corrected chi connectivity index (χ1v) is 6.86. The van der Waals surface area contributed by atoms with E-state index in [1.165, 1.54) is 0 Å². The molecule has 110 valence electrons. The highest BCUT2D eigenvalue weighted by molar-refractivity contribution is 6.68. The van der Waals surface area contributed by atoms with Crippen LogP contribution < -0.4 is 4.74 Å². The first-order valence-electron chi connectivity index (χ1n) is 5.73. The van der Waals surface area contributed by atoms with E-state index in [4.69, 9.17) is 39.5 Å². The number of carbonyl (C=O) groups is 2. The molecule has 0 saturated carbocycles. The van der Waals surface area contributed by atoms with E-state index in [-0.39, 0.29) is 0 Å². The van der Waals surface area contributed by atoms with Crippen molar-refractivity contribution in [3.63, 3.8) is 0 Å². The summed E-state index contributed by atoms with van der Waals surface area (Å²) in [4.78, 5) is 21.0. The molecular formula is C15H11Cl3O3. The molecule has 0 aliphatic rings. The van der Waals surface area contributed by atoms with Gasteiger partial charge < -0.3 is 4.74 Å². The Morgan fingerprint density at radius 2 is 1.19 bits per heavy atom. The number of benzene rings is 2. The second-order valence-electron chi connectivity index (χ2n) is 3.78. The molecule has 2 aromatic rings. The first-order chi connectivity index (χ1) is 9.93. The minimum Gasteiger partial charge on any atom is -0.497 e. The lowest BCUT2D eigenvalue weighted by molar-refractivity contribution is 0.107. The summed E-state index contributed by atoms with van der Waals surface area (Å²) in [5.41, 5.74) is 0.943. The number of methoxy groups -OCH3 is 1. The molecule has 0 fully saturated rings. The molecule has 0 saturated heterocycles. The minimum atomic E-state index is -0.461. The summed E-state index contributed by atoms with van der Waals surface area (Å²) in [6, 6.07) is 13.0. The van der Waals surface area contributed by atoms with Crippen molar-refractivity contribution in [3.8, 4) is 5.75 Å². The molecule has 0 aliphatic heterocycles. The van der Waals surface area contributed by atoms with Crippen LogP contribution in [0.2, 0.25) is 5.02 Å². The smallest absolute Gasteiger partial charge is 0.252 e. The molecule has 0 bridgehead atoms. The second kappa shape index (κ2) is 8.67. The molecule has 3 nitrogen and oxygen atoms in total. The molecule has 0 N–H and O–H groups in total. The Labute approximate surface area is 137 Å². The minimum absolute atomic E-state index is 0.451. The molecule has 0 unspecified atom stereocenters. The monoisotopic (exact) mass is 344 g/mol. The predicted molar refractivity (Wildman–Crippen MR) is 84.8 cm³/mol. The molecule has 0 spiro atoms. The summed E-state index contributed by atoms with van der Waals surface area (Å²) in [5.74, 6) is 0.715. The Morgan fingerprint density at radius 1 is 0.810 bits per heavy atom. The fourth-order valence-electron chi connectivity index (χ4n) is 1.30. The zero-order valence-corrected chi connectivity index (χ0v) is 13.2. The second-order valence-corrected chi connectivity index (χ2v) is 4.91. The van der Waals surface area contributed by atoms with Gasteiger partial charge >= 0.3 is 0 Å². The molecule has 2 rings (SSSR count). The maximum Gasteiger partial charge on any atom is 0.252 e. The molecule has 0 amide bonds. The molecule has 0 heterocycles. The number of carbonyl (C=O) groups excluding carboxylic acids is 2. The van der Waals surface area contributed by atoms with Crippen molar-refractivity contribution >= 4 is 45.3 Å². The van der Waals surface area contributed by atoms with E-state index in [0.717, 1.165) is 0 Å². The van der Waals surface area contributed by atoms with Crippen LogP contribution in [0.15, 0.2) is 48.5 Å². The van der Waals surface area contributed by atoms with E-state index in [0.29, 0.717) is 21.9 Å². The quantitative estimate of drug-likeness (QED) is 0.751. The van der Waals surface area contributed by atoms with Gasteiger partial charge in [-0.1, -0.05) is 11.6 Å². The Morgan fingerprint density at radius 3 is 1.52 bits per heavy atom. The lowest BCUT2D eigenvalue weighted by Gasteiger charge is -1.98. The van der Waals surface area contributed by atoms with Crippen molar-refractivity contribution in [2.24, 2.45) is 0 Å². The number of rotatable bonds is 3. The van der Waals surface area contributed by atoms with Gasteiger partial charge in [0.15, 0.2) is 0 Å². The third-order valence-corrected chi connectivity index (χ3v) is 3.08. The van der Waals surface area contributed by atoms with Crippen LogP contribution in [0.5, 0.6) is 5.75 Å².